The molecule has 0 atom stereocenters. The van der Waals surface area contributed by atoms with Gasteiger partial charge >= 0.3 is 0 Å². The lowest BCUT2D eigenvalue weighted by atomic mass is 10.1. The van der Waals surface area contributed by atoms with E-state index in [0.717, 1.165) is 12.1 Å². The molecule has 0 aliphatic heterocycles. The summed E-state index contributed by atoms with van der Waals surface area (Å²) in [6.45, 7) is 0.890. The predicted molar refractivity (Wildman–Crippen MR) is 69.9 cm³/mol. The van der Waals surface area contributed by atoms with Crippen molar-refractivity contribution < 1.29 is 13.6 Å². The van der Waals surface area contributed by atoms with Crippen molar-refractivity contribution >= 4 is 11.6 Å². The van der Waals surface area contributed by atoms with Crippen LogP contribution in [-0.2, 0) is 6.54 Å². The van der Waals surface area contributed by atoms with Gasteiger partial charge in [0.2, 0.25) is 0 Å². The molecule has 106 valence electrons. The maximum atomic E-state index is 13.6. The highest BCUT2D eigenvalue weighted by Gasteiger charge is 2.18. The molecule has 2 aromatic rings. The van der Waals surface area contributed by atoms with E-state index in [-0.39, 0.29) is 12.2 Å². The maximum Gasteiger partial charge on any atom is 0.257 e. The standard InChI is InChI=1S/C13H14F2N4O/c14-9-3-4-10(16)12(15)11(9)13(20)17-5-1-7-19-8-2-6-18-19/h2-4,6,8H,1,5,7,16H2,(H,17,20). The first-order valence-electron chi connectivity index (χ1n) is 6.08. The Labute approximate surface area is 114 Å². The van der Waals surface area contributed by atoms with Crippen LogP contribution in [0.1, 0.15) is 16.8 Å². The van der Waals surface area contributed by atoms with Crippen molar-refractivity contribution in [3.05, 3.63) is 47.8 Å². The average molecular weight is 280 g/mol. The number of anilines is 1. The number of benzene rings is 1. The molecule has 0 radical (unpaired) electrons. The Bertz CT molecular complexity index is 599. The number of nitrogens with zero attached hydrogens (tertiary/aromatic N) is 2. The smallest absolute Gasteiger partial charge is 0.257 e. The summed E-state index contributed by atoms with van der Waals surface area (Å²) in [7, 11) is 0. The molecule has 0 aliphatic carbocycles. The van der Waals surface area contributed by atoms with E-state index >= 15 is 0 Å². The van der Waals surface area contributed by atoms with E-state index in [1.54, 1.807) is 23.1 Å². The lowest BCUT2D eigenvalue weighted by Gasteiger charge is -2.08. The average Bonchev–Trinajstić information content (AvgIpc) is 2.93. The maximum absolute atomic E-state index is 13.6. The van der Waals surface area contributed by atoms with E-state index in [0.29, 0.717) is 13.0 Å². The Hall–Kier alpha value is -2.44. The van der Waals surface area contributed by atoms with Crippen LogP contribution in [0.3, 0.4) is 0 Å². The van der Waals surface area contributed by atoms with Crippen molar-refractivity contribution in [2.45, 2.75) is 13.0 Å². The number of hydrogen-bond acceptors (Lipinski definition) is 3. The third kappa shape index (κ3) is 3.11. The Morgan fingerprint density at radius 1 is 1.40 bits per heavy atom. The molecule has 2 rings (SSSR count). The van der Waals surface area contributed by atoms with Crippen molar-refractivity contribution in [2.24, 2.45) is 0 Å². The number of carbonyl (C=O) groups excluding carboxylic acids is 1. The minimum Gasteiger partial charge on any atom is -0.396 e. The molecule has 20 heavy (non-hydrogen) atoms. The highest BCUT2D eigenvalue weighted by Crippen LogP contribution is 2.18. The number of carbonyl (C=O) groups is 1. The topological polar surface area (TPSA) is 72.9 Å². The Balaban J connectivity index is 1.90. The second-order valence-corrected chi connectivity index (χ2v) is 4.20. The first-order valence-corrected chi connectivity index (χ1v) is 6.08. The zero-order chi connectivity index (χ0) is 14.5. The summed E-state index contributed by atoms with van der Waals surface area (Å²) in [6, 6.07) is 3.84. The fourth-order valence-electron chi connectivity index (χ4n) is 1.74. The summed E-state index contributed by atoms with van der Waals surface area (Å²) >= 11 is 0. The second-order valence-electron chi connectivity index (χ2n) is 4.20. The molecule has 3 N–H and O–H groups in total. The summed E-state index contributed by atoms with van der Waals surface area (Å²) in [5, 5.41) is 6.45. The van der Waals surface area contributed by atoms with E-state index in [2.05, 4.69) is 10.4 Å². The molecule has 1 amide bonds. The first kappa shape index (κ1) is 14.0. The number of aromatic nitrogens is 2. The van der Waals surface area contributed by atoms with Crippen LogP contribution in [0.4, 0.5) is 14.5 Å². The van der Waals surface area contributed by atoms with Gasteiger partial charge in [0.1, 0.15) is 11.4 Å². The number of aryl methyl sites for hydroxylation is 1. The quantitative estimate of drug-likeness (QED) is 0.645. The van der Waals surface area contributed by atoms with Crippen molar-refractivity contribution in [1.82, 2.24) is 15.1 Å². The van der Waals surface area contributed by atoms with Gasteiger partial charge in [0.25, 0.3) is 5.91 Å². The Morgan fingerprint density at radius 2 is 2.20 bits per heavy atom. The number of amides is 1. The van der Waals surface area contributed by atoms with Crippen LogP contribution < -0.4 is 11.1 Å². The molecule has 0 fully saturated rings. The van der Waals surface area contributed by atoms with Gasteiger partial charge in [0.15, 0.2) is 5.82 Å². The zero-order valence-electron chi connectivity index (χ0n) is 10.6. The van der Waals surface area contributed by atoms with Gasteiger partial charge in [-0.1, -0.05) is 0 Å². The molecule has 0 unspecified atom stereocenters. The van der Waals surface area contributed by atoms with E-state index in [9.17, 15) is 13.6 Å². The first-order chi connectivity index (χ1) is 9.59. The van der Waals surface area contributed by atoms with Gasteiger partial charge < -0.3 is 11.1 Å². The summed E-state index contributed by atoms with van der Waals surface area (Å²) in [5.41, 5.74) is 4.41. The SMILES string of the molecule is Nc1ccc(F)c(C(=O)NCCCn2cccn2)c1F. The molecule has 5 nitrogen and oxygen atoms in total. The van der Waals surface area contributed by atoms with Crippen LogP contribution in [0.25, 0.3) is 0 Å². The number of nitrogen functional groups attached to an aromatic ring is 1. The molecule has 0 aliphatic rings. The normalized spacial score (nSPS) is 10.5. The molecule has 7 heteroatoms. The molecule has 1 aromatic heterocycles. The van der Waals surface area contributed by atoms with Crippen LogP contribution in [0, 0.1) is 11.6 Å². The van der Waals surface area contributed by atoms with Crippen LogP contribution >= 0.6 is 0 Å². The molecule has 0 bridgehead atoms. The molecular weight excluding hydrogens is 266 g/mol. The lowest BCUT2D eigenvalue weighted by molar-refractivity contribution is 0.0944. The molecule has 0 saturated carbocycles. The molecule has 1 aromatic carbocycles. The highest BCUT2D eigenvalue weighted by molar-refractivity contribution is 5.95. The summed E-state index contributed by atoms with van der Waals surface area (Å²) in [4.78, 5) is 11.7. The molecule has 1 heterocycles. The lowest BCUT2D eigenvalue weighted by Crippen LogP contribution is -2.27. The van der Waals surface area contributed by atoms with Gasteiger partial charge in [0.05, 0.1) is 5.69 Å². The van der Waals surface area contributed by atoms with Gasteiger partial charge in [-0.15, -0.1) is 0 Å². The third-order valence-electron chi connectivity index (χ3n) is 2.76. The largest absolute Gasteiger partial charge is 0.396 e. The fourth-order valence-corrected chi connectivity index (χ4v) is 1.74. The van der Waals surface area contributed by atoms with Crippen LogP contribution in [0.5, 0.6) is 0 Å². The van der Waals surface area contributed by atoms with Crippen molar-refractivity contribution in [2.75, 3.05) is 12.3 Å². The second kappa shape index (κ2) is 6.14. The van der Waals surface area contributed by atoms with Crippen LogP contribution in [0.15, 0.2) is 30.6 Å². The van der Waals surface area contributed by atoms with E-state index in [1.807, 2.05) is 0 Å². The van der Waals surface area contributed by atoms with Gasteiger partial charge in [-0.3, -0.25) is 9.48 Å². The van der Waals surface area contributed by atoms with Gasteiger partial charge in [0, 0.05) is 25.5 Å². The van der Waals surface area contributed by atoms with Crippen LogP contribution in [0.2, 0.25) is 0 Å². The molecule has 0 saturated heterocycles. The number of rotatable bonds is 5. The molecule has 0 spiro atoms. The predicted octanol–water partition coefficient (Wildman–Crippen LogP) is 1.56. The third-order valence-corrected chi connectivity index (χ3v) is 2.76. The Kier molecular flexibility index (Phi) is 4.29. The van der Waals surface area contributed by atoms with Gasteiger partial charge in [-0.25, -0.2) is 8.78 Å². The minimum absolute atomic E-state index is 0.256. The van der Waals surface area contributed by atoms with Crippen molar-refractivity contribution in [1.29, 1.82) is 0 Å². The number of nitrogens with one attached hydrogen (secondary N) is 1. The van der Waals surface area contributed by atoms with Crippen molar-refractivity contribution in [3.8, 4) is 0 Å². The van der Waals surface area contributed by atoms with Crippen molar-refractivity contribution in [3.63, 3.8) is 0 Å². The number of hydrogen-bond donors (Lipinski definition) is 2. The summed E-state index contributed by atoms with van der Waals surface area (Å²) in [5.74, 6) is -2.77. The Morgan fingerprint density at radius 3 is 2.90 bits per heavy atom. The summed E-state index contributed by atoms with van der Waals surface area (Å²) < 4.78 is 28.8. The summed E-state index contributed by atoms with van der Waals surface area (Å²) in [6.07, 6.45) is 4.04. The highest BCUT2D eigenvalue weighted by atomic mass is 19.1. The fraction of sp³-hybridized carbons (Fsp3) is 0.231. The zero-order valence-corrected chi connectivity index (χ0v) is 10.6. The number of halogens is 2. The minimum atomic E-state index is -1.03. The van der Waals surface area contributed by atoms with E-state index < -0.39 is 23.1 Å². The monoisotopic (exact) mass is 280 g/mol. The molecular formula is C13H14F2N4O. The van der Waals surface area contributed by atoms with E-state index in [4.69, 9.17) is 5.73 Å². The number of nitrogens with two attached hydrogens (primary N) is 1. The van der Waals surface area contributed by atoms with Gasteiger partial charge in [-0.05, 0) is 24.6 Å². The van der Waals surface area contributed by atoms with E-state index in [1.165, 1.54) is 0 Å². The van der Waals surface area contributed by atoms with Crippen LogP contribution in [-0.4, -0.2) is 22.2 Å². The van der Waals surface area contributed by atoms with Gasteiger partial charge in [-0.2, -0.15) is 5.10 Å².